The second-order valence-electron chi connectivity index (χ2n) is 5.52. The van der Waals surface area contributed by atoms with Crippen molar-refractivity contribution in [3.05, 3.63) is 69.7 Å². The third-order valence-corrected chi connectivity index (χ3v) is 4.17. The molecule has 25 heavy (non-hydrogen) atoms. The van der Waals surface area contributed by atoms with Crippen molar-refractivity contribution in [3.63, 3.8) is 0 Å². The topological polar surface area (TPSA) is 58.9 Å². The van der Waals surface area contributed by atoms with Crippen LogP contribution in [0.5, 0.6) is 0 Å². The molecule has 2 aromatic rings. The molecule has 6 heteroatoms. The lowest BCUT2D eigenvalue weighted by atomic mass is 10.0. The van der Waals surface area contributed by atoms with E-state index in [0.717, 1.165) is 11.1 Å². The van der Waals surface area contributed by atoms with Crippen molar-refractivity contribution < 1.29 is 14.7 Å². The van der Waals surface area contributed by atoms with Crippen molar-refractivity contribution >= 4 is 34.9 Å². The van der Waals surface area contributed by atoms with E-state index in [9.17, 15) is 4.79 Å². The van der Waals surface area contributed by atoms with E-state index >= 15 is 0 Å². The number of nitrogens with zero attached hydrogens (tertiary/aromatic N) is 1. The van der Waals surface area contributed by atoms with Crippen LogP contribution in [0.2, 0.25) is 10.0 Å². The Kier molecular flexibility index (Phi) is 7.29. The van der Waals surface area contributed by atoms with E-state index in [2.05, 4.69) is 5.16 Å². The first-order chi connectivity index (χ1) is 12.0. The van der Waals surface area contributed by atoms with Crippen molar-refractivity contribution in [2.24, 2.45) is 5.16 Å². The van der Waals surface area contributed by atoms with Gasteiger partial charge in [0.05, 0.1) is 0 Å². The minimum Gasteiger partial charge on any atom is -0.481 e. The minimum atomic E-state index is -0.846. The average molecular weight is 380 g/mol. The molecule has 0 aromatic heterocycles. The molecule has 0 spiro atoms. The summed E-state index contributed by atoms with van der Waals surface area (Å²) in [6.07, 6.45) is 0.867. The fourth-order valence-corrected chi connectivity index (χ4v) is 2.48. The zero-order chi connectivity index (χ0) is 18.2. The number of oxime groups is 1. The highest BCUT2D eigenvalue weighted by molar-refractivity contribution is 6.31. The summed E-state index contributed by atoms with van der Waals surface area (Å²) in [4.78, 5) is 16.4. The van der Waals surface area contributed by atoms with Crippen molar-refractivity contribution in [2.45, 2.75) is 32.3 Å². The van der Waals surface area contributed by atoms with Crippen LogP contribution in [0.25, 0.3) is 0 Å². The van der Waals surface area contributed by atoms with Crippen LogP contribution in [-0.2, 0) is 9.63 Å². The Morgan fingerprint density at radius 3 is 1.92 bits per heavy atom. The number of rotatable bonds is 8. The maximum absolute atomic E-state index is 10.7. The van der Waals surface area contributed by atoms with E-state index < -0.39 is 5.97 Å². The van der Waals surface area contributed by atoms with Gasteiger partial charge in [0.2, 0.25) is 0 Å². The predicted octanol–water partition coefficient (Wildman–Crippen LogP) is 5.41. The minimum absolute atomic E-state index is 0.0469. The molecule has 2 aromatic carbocycles. The van der Waals surface area contributed by atoms with Crippen LogP contribution >= 0.6 is 23.2 Å². The van der Waals surface area contributed by atoms with E-state index in [1.807, 2.05) is 31.2 Å². The Bertz CT molecular complexity index is 680. The fraction of sp³-hybridized carbons (Fsp3) is 0.263. The van der Waals surface area contributed by atoms with Gasteiger partial charge in [-0.3, -0.25) is 4.79 Å². The van der Waals surface area contributed by atoms with E-state index in [4.69, 9.17) is 33.1 Å². The van der Waals surface area contributed by atoms with Crippen LogP contribution < -0.4 is 0 Å². The molecule has 0 bridgehead atoms. The van der Waals surface area contributed by atoms with Gasteiger partial charge in [-0.25, -0.2) is 0 Å². The molecule has 0 aliphatic carbocycles. The summed E-state index contributed by atoms with van der Waals surface area (Å²) < 4.78 is 0. The number of hydrogen-bond donors (Lipinski definition) is 1. The normalized spacial score (nSPS) is 11.6. The third-order valence-electron chi connectivity index (χ3n) is 3.66. The highest BCUT2D eigenvalue weighted by Crippen LogP contribution is 2.18. The first kappa shape index (κ1) is 19.3. The highest BCUT2D eigenvalue weighted by Gasteiger charge is 2.13. The molecule has 0 saturated heterocycles. The van der Waals surface area contributed by atoms with Crippen molar-refractivity contribution in [3.8, 4) is 0 Å². The summed E-state index contributed by atoms with van der Waals surface area (Å²) in [6, 6.07) is 14.6. The molecular formula is C19H19Cl2NO3. The first-order valence-electron chi connectivity index (χ1n) is 7.97. The monoisotopic (exact) mass is 379 g/mol. The fourth-order valence-electron chi connectivity index (χ4n) is 2.23. The predicted molar refractivity (Wildman–Crippen MR) is 101 cm³/mol. The van der Waals surface area contributed by atoms with Crippen molar-refractivity contribution in [2.75, 3.05) is 0 Å². The molecule has 1 unspecified atom stereocenters. The van der Waals surface area contributed by atoms with Gasteiger partial charge in [0.25, 0.3) is 0 Å². The Labute approximate surface area is 157 Å². The number of benzene rings is 2. The van der Waals surface area contributed by atoms with Crippen LogP contribution in [0.4, 0.5) is 0 Å². The summed E-state index contributed by atoms with van der Waals surface area (Å²) in [5.74, 6) is -0.846. The lowest BCUT2D eigenvalue weighted by Gasteiger charge is -2.14. The molecule has 0 saturated carbocycles. The Morgan fingerprint density at radius 2 is 1.52 bits per heavy atom. The Hall–Kier alpha value is -2.04. The van der Waals surface area contributed by atoms with Crippen LogP contribution in [0.1, 0.15) is 37.3 Å². The van der Waals surface area contributed by atoms with E-state index in [-0.39, 0.29) is 12.5 Å². The largest absolute Gasteiger partial charge is 0.481 e. The van der Waals surface area contributed by atoms with Crippen molar-refractivity contribution in [1.29, 1.82) is 0 Å². The molecule has 0 amide bonds. The second-order valence-corrected chi connectivity index (χ2v) is 6.39. The van der Waals surface area contributed by atoms with E-state index in [1.165, 1.54) is 0 Å². The van der Waals surface area contributed by atoms with Crippen LogP contribution in [0, 0.1) is 0 Å². The number of carbonyl (C=O) groups is 1. The number of carboxylic acids is 1. The zero-order valence-electron chi connectivity index (χ0n) is 13.8. The van der Waals surface area contributed by atoms with Crippen LogP contribution in [0.3, 0.4) is 0 Å². The molecule has 0 fully saturated rings. The number of aliphatic carboxylic acids is 1. The molecule has 4 nitrogen and oxygen atoms in total. The van der Waals surface area contributed by atoms with Gasteiger partial charge in [0, 0.05) is 27.6 Å². The molecule has 0 aliphatic heterocycles. The van der Waals surface area contributed by atoms with Gasteiger partial charge in [-0.2, -0.15) is 0 Å². The highest BCUT2D eigenvalue weighted by atomic mass is 35.5. The molecule has 1 atom stereocenters. The summed E-state index contributed by atoms with van der Waals surface area (Å²) in [5, 5.41) is 14.4. The lowest BCUT2D eigenvalue weighted by molar-refractivity contribution is -0.137. The SMILES string of the molecule is CCC(CCC(=O)O)ON=C(c1ccc(Cl)cc1)c1ccc(Cl)cc1. The maximum Gasteiger partial charge on any atom is 0.303 e. The summed E-state index contributed by atoms with van der Waals surface area (Å²) in [6.45, 7) is 1.94. The first-order valence-corrected chi connectivity index (χ1v) is 8.72. The van der Waals surface area contributed by atoms with Gasteiger partial charge in [-0.1, -0.05) is 59.5 Å². The lowest BCUT2D eigenvalue weighted by Crippen LogP contribution is -2.13. The number of halogens is 2. The maximum atomic E-state index is 10.7. The number of carboxylic acid groups (broad SMARTS) is 1. The standard InChI is InChI=1S/C19H19Cl2NO3/c1-2-17(11-12-18(23)24)25-22-19(13-3-7-15(20)8-4-13)14-5-9-16(21)10-6-14/h3-10,17H,2,11-12H2,1H3,(H,23,24). The van der Waals surface area contributed by atoms with Gasteiger partial charge in [-0.15, -0.1) is 0 Å². The average Bonchev–Trinajstić information content (AvgIpc) is 2.60. The van der Waals surface area contributed by atoms with Gasteiger partial charge in [0.15, 0.2) is 0 Å². The van der Waals surface area contributed by atoms with Crippen LogP contribution in [0.15, 0.2) is 53.7 Å². The number of hydrogen-bond acceptors (Lipinski definition) is 3. The molecule has 1 N–H and O–H groups in total. The third kappa shape index (κ3) is 6.07. The molecular weight excluding hydrogens is 361 g/mol. The van der Waals surface area contributed by atoms with E-state index in [0.29, 0.717) is 28.6 Å². The Morgan fingerprint density at radius 1 is 1.04 bits per heavy atom. The summed E-state index contributed by atoms with van der Waals surface area (Å²) in [7, 11) is 0. The van der Waals surface area contributed by atoms with E-state index in [1.54, 1.807) is 24.3 Å². The van der Waals surface area contributed by atoms with Gasteiger partial charge < -0.3 is 9.94 Å². The van der Waals surface area contributed by atoms with Gasteiger partial charge >= 0.3 is 5.97 Å². The Balaban J connectivity index is 2.28. The zero-order valence-corrected chi connectivity index (χ0v) is 15.3. The van der Waals surface area contributed by atoms with Gasteiger partial charge in [-0.05, 0) is 37.1 Å². The van der Waals surface area contributed by atoms with Crippen LogP contribution in [-0.4, -0.2) is 22.9 Å². The van der Waals surface area contributed by atoms with Crippen molar-refractivity contribution in [1.82, 2.24) is 0 Å². The summed E-state index contributed by atoms with van der Waals surface area (Å²) >= 11 is 11.9. The molecule has 2 rings (SSSR count). The molecule has 0 heterocycles. The summed E-state index contributed by atoms with van der Waals surface area (Å²) in [5.41, 5.74) is 2.33. The van der Waals surface area contributed by atoms with Gasteiger partial charge in [0.1, 0.15) is 11.8 Å². The smallest absolute Gasteiger partial charge is 0.303 e. The molecule has 132 valence electrons. The second kappa shape index (κ2) is 9.44. The quantitative estimate of drug-likeness (QED) is 0.492. The molecule has 0 radical (unpaired) electrons. The molecule has 0 aliphatic rings.